The average molecular weight is 611 g/mol. The Morgan fingerprint density at radius 3 is 2.41 bits per heavy atom. The molecule has 0 unspecified atom stereocenters. The van der Waals surface area contributed by atoms with Crippen LogP contribution in [0.4, 0.5) is 22.0 Å². The third-order valence-electron chi connectivity index (χ3n) is 8.45. The summed E-state index contributed by atoms with van der Waals surface area (Å²) in [6.07, 6.45) is 8.58. The second kappa shape index (κ2) is 9.68. The van der Waals surface area contributed by atoms with Crippen LogP contribution >= 0.6 is 0 Å². The number of carbonyl (C=O) groups is 1. The molecular weight excluding hydrogens is 576 g/mol. The van der Waals surface area contributed by atoms with Crippen LogP contribution in [-0.2, 0) is 27.2 Å². The number of rotatable bonds is 5. The molecule has 3 aromatic heterocycles. The molecule has 44 heavy (non-hydrogen) atoms. The second-order valence-electron chi connectivity index (χ2n) is 12.7. The highest BCUT2D eigenvalue weighted by Crippen LogP contribution is 2.56. The molecule has 0 N–H and O–H groups in total. The van der Waals surface area contributed by atoms with Crippen LogP contribution in [0.1, 0.15) is 39.2 Å². The summed E-state index contributed by atoms with van der Waals surface area (Å²) in [5, 5.41) is 5.06. The first-order valence-electron chi connectivity index (χ1n) is 14.6. The molecular formula is C33H34N6O4S. The van der Waals surface area contributed by atoms with E-state index in [1.54, 1.807) is 58.5 Å². The number of hydrogen-bond donors (Lipinski definition) is 0. The second-order valence-corrected chi connectivity index (χ2v) is 14.5. The molecule has 1 fully saturated rings. The largest absolute Gasteiger partial charge is 0.443 e. The molecule has 1 aliphatic carbocycles. The maximum atomic E-state index is 14.0. The normalized spacial score (nSPS) is 15.5. The maximum Gasteiger partial charge on any atom is 0.416 e. The van der Waals surface area contributed by atoms with E-state index in [2.05, 4.69) is 11.2 Å². The SMILES string of the molecule is CN(c1ccc2c(-c3cnc4c(c3)C3(CC3)CN4C(=O)OC(C)(C)C)cn(S(=O)(=O)c3ccccc3)c2c1)c1cnn(C)c1. The monoisotopic (exact) mass is 610 g/mol. The number of carbonyl (C=O) groups excluding carboxylic acids is 1. The molecule has 2 aromatic carbocycles. The van der Waals surface area contributed by atoms with Crippen molar-refractivity contribution >= 4 is 44.2 Å². The lowest BCUT2D eigenvalue weighted by molar-refractivity contribution is 0.0580. The summed E-state index contributed by atoms with van der Waals surface area (Å²) in [7, 11) is -0.144. The summed E-state index contributed by atoms with van der Waals surface area (Å²) in [6.45, 7) is 6.08. The van der Waals surface area contributed by atoms with E-state index in [1.165, 1.54) is 3.97 Å². The van der Waals surface area contributed by atoms with Crippen LogP contribution in [0.2, 0.25) is 0 Å². The number of pyridine rings is 1. The molecule has 10 nitrogen and oxygen atoms in total. The lowest BCUT2D eigenvalue weighted by Gasteiger charge is -2.24. The number of benzene rings is 2. The van der Waals surface area contributed by atoms with Crippen LogP contribution < -0.4 is 9.80 Å². The Labute approximate surface area is 256 Å². The number of fused-ring (bicyclic) bond motifs is 3. The van der Waals surface area contributed by atoms with Crippen LogP contribution in [0.3, 0.4) is 0 Å². The number of anilines is 3. The topological polar surface area (TPSA) is 103 Å². The van der Waals surface area contributed by atoms with Gasteiger partial charge in [-0.15, -0.1) is 0 Å². The van der Waals surface area contributed by atoms with Gasteiger partial charge in [-0.2, -0.15) is 5.10 Å². The third-order valence-corrected chi connectivity index (χ3v) is 10.1. The minimum atomic E-state index is -3.92. The minimum Gasteiger partial charge on any atom is -0.443 e. The Morgan fingerprint density at radius 1 is 1.00 bits per heavy atom. The first kappa shape index (κ1) is 28.1. The van der Waals surface area contributed by atoms with E-state index >= 15 is 0 Å². The van der Waals surface area contributed by atoms with Crippen LogP contribution in [0.15, 0.2) is 84.3 Å². The lowest BCUT2D eigenvalue weighted by Crippen LogP contribution is -2.37. The molecule has 1 aliphatic heterocycles. The van der Waals surface area contributed by atoms with Gasteiger partial charge in [-0.1, -0.05) is 24.3 Å². The first-order valence-corrected chi connectivity index (χ1v) is 16.0. The number of ether oxygens (including phenoxy) is 1. The zero-order valence-corrected chi connectivity index (χ0v) is 26.2. The van der Waals surface area contributed by atoms with Gasteiger partial charge in [0.15, 0.2) is 0 Å². The molecule has 7 rings (SSSR count). The predicted molar refractivity (Wildman–Crippen MR) is 170 cm³/mol. The Kier molecular flexibility index (Phi) is 6.19. The van der Waals surface area contributed by atoms with Gasteiger partial charge in [0.2, 0.25) is 0 Å². The molecule has 1 amide bonds. The van der Waals surface area contributed by atoms with Gasteiger partial charge in [-0.3, -0.25) is 9.58 Å². The maximum absolute atomic E-state index is 14.0. The molecule has 5 aromatic rings. The lowest BCUT2D eigenvalue weighted by atomic mass is 9.96. The Morgan fingerprint density at radius 2 is 1.75 bits per heavy atom. The molecule has 1 saturated carbocycles. The predicted octanol–water partition coefficient (Wildman–Crippen LogP) is 6.23. The van der Waals surface area contributed by atoms with Gasteiger partial charge in [-0.25, -0.2) is 22.2 Å². The number of nitrogens with zero attached hydrogens (tertiary/aromatic N) is 6. The summed E-state index contributed by atoms with van der Waals surface area (Å²) >= 11 is 0. The quantitative estimate of drug-likeness (QED) is 0.233. The summed E-state index contributed by atoms with van der Waals surface area (Å²) in [6, 6.07) is 16.3. The van der Waals surface area contributed by atoms with Gasteiger partial charge < -0.3 is 9.64 Å². The third kappa shape index (κ3) is 4.62. The van der Waals surface area contributed by atoms with E-state index in [0.717, 1.165) is 46.3 Å². The van der Waals surface area contributed by atoms with Gasteiger partial charge in [0.1, 0.15) is 11.4 Å². The Hall–Kier alpha value is -4.64. The van der Waals surface area contributed by atoms with Gasteiger partial charge in [0.25, 0.3) is 10.0 Å². The number of amides is 1. The summed E-state index contributed by atoms with van der Waals surface area (Å²) in [5.74, 6) is 0.613. The smallest absolute Gasteiger partial charge is 0.416 e. The van der Waals surface area contributed by atoms with Crippen molar-refractivity contribution in [2.45, 2.75) is 49.5 Å². The molecule has 226 valence electrons. The highest BCUT2D eigenvalue weighted by atomic mass is 32.2. The van der Waals surface area contributed by atoms with Gasteiger partial charge in [0.05, 0.1) is 22.3 Å². The highest BCUT2D eigenvalue weighted by Gasteiger charge is 2.54. The number of hydrogen-bond acceptors (Lipinski definition) is 7. The molecule has 11 heteroatoms. The van der Waals surface area contributed by atoms with E-state index in [9.17, 15) is 13.2 Å². The molecule has 0 radical (unpaired) electrons. The fraction of sp³-hybridized carbons (Fsp3) is 0.303. The number of aryl methyl sites for hydroxylation is 1. The highest BCUT2D eigenvalue weighted by molar-refractivity contribution is 7.90. The minimum absolute atomic E-state index is 0.149. The van der Waals surface area contributed by atoms with Crippen molar-refractivity contribution in [2.75, 3.05) is 23.4 Å². The van der Waals surface area contributed by atoms with E-state index in [-0.39, 0.29) is 10.3 Å². The first-order chi connectivity index (χ1) is 20.9. The Balaban J connectivity index is 1.37. The van der Waals surface area contributed by atoms with Gasteiger partial charge >= 0.3 is 6.09 Å². The van der Waals surface area contributed by atoms with Gasteiger partial charge in [0, 0.05) is 72.4 Å². The van der Waals surface area contributed by atoms with Crippen molar-refractivity contribution in [3.8, 4) is 11.1 Å². The van der Waals surface area contributed by atoms with E-state index in [0.29, 0.717) is 17.9 Å². The fourth-order valence-corrected chi connectivity index (χ4v) is 7.36. The van der Waals surface area contributed by atoms with E-state index < -0.39 is 21.7 Å². The Bertz CT molecular complexity index is 2040. The summed E-state index contributed by atoms with van der Waals surface area (Å²) in [5.41, 5.74) is 4.02. The zero-order chi connectivity index (χ0) is 31.0. The molecule has 0 bridgehead atoms. The fourth-order valence-electron chi connectivity index (χ4n) is 5.98. The van der Waals surface area contributed by atoms with Crippen molar-refractivity contribution in [3.05, 3.63) is 84.9 Å². The molecule has 4 heterocycles. The number of aromatic nitrogens is 4. The van der Waals surface area contributed by atoms with Crippen molar-refractivity contribution in [1.82, 2.24) is 18.7 Å². The molecule has 2 aliphatic rings. The zero-order valence-electron chi connectivity index (χ0n) is 25.4. The van der Waals surface area contributed by atoms with Crippen LogP contribution in [0.5, 0.6) is 0 Å². The molecule has 0 saturated heterocycles. The standard InChI is InChI=1S/C33H34N6O4S/c1-32(2,3)43-31(40)38-21-33(13-14-33)28-15-22(17-34-30(28)38)27-20-39(44(41,42)25-9-7-6-8-10-25)29-16-23(11-12-26(27)29)37(5)24-18-35-36(4)19-24/h6-12,15-20H,13-14,21H2,1-5H3. The summed E-state index contributed by atoms with van der Waals surface area (Å²) < 4.78 is 36.9. The van der Waals surface area contributed by atoms with E-state index in [4.69, 9.17) is 9.72 Å². The average Bonchev–Trinajstić information content (AvgIpc) is 3.30. The van der Waals surface area contributed by atoms with Crippen molar-refractivity contribution in [3.63, 3.8) is 0 Å². The van der Waals surface area contributed by atoms with Gasteiger partial charge in [-0.05, 0) is 63.9 Å². The molecule has 0 atom stereocenters. The van der Waals surface area contributed by atoms with Crippen LogP contribution in [0, 0.1) is 0 Å². The molecule has 1 spiro atoms. The van der Waals surface area contributed by atoms with Crippen molar-refractivity contribution < 1.29 is 17.9 Å². The van der Waals surface area contributed by atoms with Crippen LogP contribution in [0.25, 0.3) is 22.0 Å². The van der Waals surface area contributed by atoms with Crippen molar-refractivity contribution in [1.29, 1.82) is 0 Å². The van der Waals surface area contributed by atoms with E-state index in [1.807, 2.05) is 64.2 Å². The van der Waals surface area contributed by atoms with Crippen molar-refractivity contribution in [2.24, 2.45) is 7.05 Å². The van der Waals surface area contributed by atoms with Crippen LogP contribution in [-0.4, -0.2) is 52.4 Å². The summed E-state index contributed by atoms with van der Waals surface area (Å²) in [4.78, 5) is 21.7.